The van der Waals surface area contributed by atoms with Crippen molar-refractivity contribution in [2.24, 2.45) is 11.5 Å². The van der Waals surface area contributed by atoms with Crippen molar-refractivity contribution in [3.63, 3.8) is 0 Å². The molecule has 7 heteroatoms. The van der Waals surface area contributed by atoms with Crippen molar-refractivity contribution in [3.8, 4) is 0 Å². The number of piperidine rings is 1. The average Bonchev–Trinajstić information content (AvgIpc) is 2.15. The molecule has 1 heterocycles. The minimum absolute atomic E-state index is 0.208. The van der Waals surface area contributed by atoms with Crippen LogP contribution in [0.3, 0.4) is 0 Å². The fourth-order valence-electron chi connectivity index (χ4n) is 2.38. The number of hydrogen-bond donors (Lipinski definition) is 2. The van der Waals surface area contributed by atoms with Gasteiger partial charge in [0.25, 0.3) is 0 Å². The predicted molar refractivity (Wildman–Crippen MR) is 57.0 cm³/mol. The summed E-state index contributed by atoms with van der Waals surface area (Å²) in [7, 11) is 0. The summed E-state index contributed by atoms with van der Waals surface area (Å²) in [6.45, 7) is 1.50. The standard InChI is InChI=1S/C10H18F3N3O/c1-6(14)8(10(11,12)13)16-5-3-2-4-7(16)9(15)17/h6-8H,2-5,14H2,1H3,(H2,15,17). The molecule has 1 aliphatic heterocycles. The molecule has 0 aromatic carbocycles. The van der Waals surface area contributed by atoms with Gasteiger partial charge in [0.15, 0.2) is 0 Å². The van der Waals surface area contributed by atoms with Crippen LogP contribution in [0.15, 0.2) is 0 Å². The fourth-order valence-corrected chi connectivity index (χ4v) is 2.38. The molecule has 1 amide bonds. The maximum Gasteiger partial charge on any atom is 0.405 e. The molecular formula is C10H18F3N3O. The summed E-state index contributed by atoms with van der Waals surface area (Å²) in [5.74, 6) is -0.709. The summed E-state index contributed by atoms with van der Waals surface area (Å²) in [4.78, 5) is 12.3. The summed E-state index contributed by atoms with van der Waals surface area (Å²) in [6.07, 6.45) is -2.73. The second-order valence-corrected chi connectivity index (χ2v) is 4.50. The van der Waals surface area contributed by atoms with E-state index in [2.05, 4.69) is 0 Å². The number of amides is 1. The molecule has 1 saturated heterocycles. The average molecular weight is 253 g/mol. The molecule has 3 unspecified atom stereocenters. The lowest BCUT2D eigenvalue weighted by molar-refractivity contribution is -0.197. The molecule has 1 fully saturated rings. The molecule has 4 N–H and O–H groups in total. The Morgan fingerprint density at radius 1 is 1.41 bits per heavy atom. The van der Waals surface area contributed by atoms with E-state index in [0.717, 1.165) is 4.90 Å². The lowest BCUT2D eigenvalue weighted by Gasteiger charge is -2.41. The summed E-state index contributed by atoms with van der Waals surface area (Å²) >= 11 is 0. The number of hydrogen-bond acceptors (Lipinski definition) is 3. The Morgan fingerprint density at radius 3 is 2.41 bits per heavy atom. The zero-order valence-corrected chi connectivity index (χ0v) is 9.70. The zero-order valence-electron chi connectivity index (χ0n) is 9.70. The molecular weight excluding hydrogens is 235 g/mol. The van der Waals surface area contributed by atoms with Crippen molar-refractivity contribution >= 4 is 5.91 Å². The molecule has 0 aromatic rings. The Labute approximate surface area is 98.1 Å². The van der Waals surface area contributed by atoms with E-state index in [1.54, 1.807) is 0 Å². The topological polar surface area (TPSA) is 72.3 Å². The Morgan fingerprint density at radius 2 is 2.00 bits per heavy atom. The molecule has 4 nitrogen and oxygen atoms in total. The number of likely N-dealkylation sites (tertiary alicyclic amines) is 1. The third-order valence-corrected chi connectivity index (χ3v) is 3.06. The molecule has 1 aliphatic rings. The van der Waals surface area contributed by atoms with E-state index in [0.29, 0.717) is 19.3 Å². The van der Waals surface area contributed by atoms with Crippen LogP contribution in [-0.2, 0) is 4.79 Å². The molecule has 1 rings (SSSR count). The second kappa shape index (κ2) is 5.22. The van der Waals surface area contributed by atoms with E-state index in [9.17, 15) is 18.0 Å². The van der Waals surface area contributed by atoms with E-state index in [1.807, 2.05) is 0 Å². The highest BCUT2D eigenvalue weighted by atomic mass is 19.4. The number of alkyl halides is 3. The van der Waals surface area contributed by atoms with Crippen molar-refractivity contribution < 1.29 is 18.0 Å². The number of nitrogens with zero attached hydrogens (tertiary/aromatic N) is 1. The number of carbonyl (C=O) groups is 1. The van der Waals surface area contributed by atoms with Crippen LogP contribution in [0.5, 0.6) is 0 Å². The summed E-state index contributed by atoms with van der Waals surface area (Å²) in [5.41, 5.74) is 10.6. The first-order valence-electron chi connectivity index (χ1n) is 5.62. The fraction of sp³-hybridized carbons (Fsp3) is 0.900. The van der Waals surface area contributed by atoms with E-state index < -0.39 is 30.2 Å². The van der Waals surface area contributed by atoms with Crippen LogP contribution in [0, 0.1) is 0 Å². The van der Waals surface area contributed by atoms with E-state index in [-0.39, 0.29) is 6.54 Å². The monoisotopic (exact) mass is 253 g/mol. The quantitative estimate of drug-likeness (QED) is 0.773. The highest BCUT2D eigenvalue weighted by Crippen LogP contribution is 2.31. The first kappa shape index (κ1) is 14.2. The lowest BCUT2D eigenvalue weighted by atomic mass is 9.96. The molecule has 3 atom stereocenters. The Balaban J connectivity index is 2.94. The molecule has 100 valence electrons. The molecule has 17 heavy (non-hydrogen) atoms. The third-order valence-electron chi connectivity index (χ3n) is 3.06. The summed E-state index contributed by atoms with van der Waals surface area (Å²) in [6, 6.07) is -3.75. The van der Waals surface area contributed by atoms with Crippen molar-refractivity contribution in [2.45, 2.75) is 50.5 Å². The molecule has 0 aliphatic carbocycles. The van der Waals surface area contributed by atoms with Crippen molar-refractivity contribution in [1.29, 1.82) is 0 Å². The molecule has 0 radical (unpaired) electrons. The van der Waals surface area contributed by atoms with E-state index in [4.69, 9.17) is 11.5 Å². The van der Waals surface area contributed by atoms with E-state index >= 15 is 0 Å². The van der Waals surface area contributed by atoms with Crippen LogP contribution in [0.1, 0.15) is 26.2 Å². The summed E-state index contributed by atoms with van der Waals surface area (Å²) in [5, 5.41) is 0. The van der Waals surface area contributed by atoms with Gasteiger partial charge < -0.3 is 11.5 Å². The van der Waals surface area contributed by atoms with Crippen LogP contribution in [0.25, 0.3) is 0 Å². The van der Waals surface area contributed by atoms with E-state index in [1.165, 1.54) is 6.92 Å². The SMILES string of the molecule is CC(N)C(N1CCCCC1C(N)=O)C(F)(F)F. The van der Waals surface area contributed by atoms with Crippen molar-refractivity contribution in [3.05, 3.63) is 0 Å². The molecule has 0 aromatic heterocycles. The zero-order chi connectivity index (χ0) is 13.2. The molecule has 0 spiro atoms. The van der Waals surface area contributed by atoms with Crippen LogP contribution < -0.4 is 11.5 Å². The normalized spacial score (nSPS) is 26.5. The first-order valence-corrected chi connectivity index (χ1v) is 5.62. The number of carbonyl (C=O) groups excluding carboxylic acids is 1. The van der Waals surface area contributed by atoms with Gasteiger partial charge in [-0.1, -0.05) is 6.42 Å². The van der Waals surface area contributed by atoms with Gasteiger partial charge in [-0.15, -0.1) is 0 Å². The number of rotatable bonds is 3. The molecule has 0 bridgehead atoms. The van der Waals surface area contributed by atoms with Gasteiger partial charge in [-0.2, -0.15) is 13.2 Å². The van der Waals surface area contributed by atoms with Gasteiger partial charge in [0.05, 0.1) is 6.04 Å². The van der Waals surface area contributed by atoms with Gasteiger partial charge in [0.2, 0.25) is 5.91 Å². The Kier molecular flexibility index (Phi) is 4.37. The Bertz CT molecular complexity index is 280. The number of halogens is 3. The van der Waals surface area contributed by atoms with Crippen LogP contribution in [0.2, 0.25) is 0 Å². The highest BCUT2D eigenvalue weighted by Gasteiger charge is 2.49. The maximum atomic E-state index is 12.9. The van der Waals surface area contributed by atoms with Crippen molar-refractivity contribution in [1.82, 2.24) is 4.90 Å². The van der Waals surface area contributed by atoms with Crippen LogP contribution >= 0.6 is 0 Å². The van der Waals surface area contributed by atoms with Crippen LogP contribution in [-0.4, -0.2) is 41.7 Å². The first-order chi connectivity index (χ1) is 7.75. The van der Waals surface area contributed by atoms with Gasteiger partial charge in [-0.25, -0.2) is 0 Å². The van der Waals surface area contributed by atoms with Crippen molar-refractivity contribution in [2.75, 3.05) is 6.54 Å². The van der Waals surface area contributed by atoms with Gasteiger partial charge in [-0.05, 0) is 26.3 Å². The Hall–Kier alpha value is -0.820. The smallest absolute Gasteiger partial charge is 0.368 e. The number of primary amides is 1. The number of nitrogens with two attached hydrogens (primary N) is 2. The molecule has 0 saturated carbocycles. The highest BCUT2D eigenvalue weighted by molar-refractivity contribution is 5.80. The summed E-state index contributed by atoms with van der Waals surface area (Å²) < 4.78 is 38.8. The van der Waals surface area contributed by atoms with Gasteiger partial charge in [0, 0.05) is 6.04 Å². The minimum Gasteiger partial charge on any atom is -0.368 e. The van der Waals surface area contributed by atoms with Gasteiger partial charge in [-0.3, -0.25) is 9.69 Å². The third kappa shape index (κ3) is 3.32. The minimum atomic E-state index is -4.45. The predicted octanol–water partition coefficient (Wildman–Crippen LogP) is 0.604. The van der Waals surface area contributed by atoms with Crippen LogP contribution in [0.4, 0.5) is 13.2 Å². The van der Waals surface area contributed by atoms with Gasteiger partial charge in [0.1, 0.15) is 6.04 Å². The van der Waals surface area contributed by atoms with Gasteiger partial charge >= 0.3 is 6.18 Å². The largest absolute Gasteiger partial charge is 0.405 e. The lowest BCUT2D eigenvalue weighted by Crippen LogP contribution is -2.62. The maximum absolute atomic E-state index is 12.9. The second-order valence-electron chi connectivity index (χ2n) is 4.50.